The van der Waals surface area contributed by atoms with Gasteiger partial charge in [-0.3, -0.25) is 0 Å². The molecule has 50 valence electrons. The van der Waals surface area contributed by atoms with Crippen molar-refractivity contribution in [3.8, 4) is 12.3 Å². The van der Waals surface area contributed by atoms with E-state index in [1.165, 1.54) is 6.42 Å². The summed E-state index contributed by atoms with van der Waals surface area (Å²) >= 11 is 0. The number of terminal acetylenes is 1. The second-order valence-electron chi connectivity index (χ2n) is 3.12. The van der Waals surface area contributed by atoms with E-state index in [0.717, 1.165) is 13.0 Å². The van der Waals surface area contributed by atoms with E-state index in [4.69, 9.17) is 12.2 Å². The van der Waals surface area contributed by atoms with Crippen molar-refractivity contribution in [1.82, 2.24) is 0 Å². The molecule has 2 N–H and O–H groups in total. The molecule has 2 atom stereocenters. The normalized spacial score (nSPS) is 39.9. The molecule has 0 bridgehead atoms. The maximum atomic E-state index is 5.40. The molecule has 1 heteroatoms. The van der Waals surface area contributed by atoms with Gasteiger partial charge in [0.15, 0.2) is 0 Å². The third-order valence-electron chi connectivity index (χ3n) is 2.27. The van der Waals surface area contributed by atoms with Crippen LogP contribution < -0.4 is 5.73 Å². The Morgan fingerprint density at radius 3 is 2.89 bits per heavy atom. The maximum Gasteiger partial charge on any atom is 0.0260 e. The molecular formula is C8H13N. The Balaban J connectivity index is 2.35. The molecule has 1 nitrogen and oxygen atoms in total. The molecule has 0 radical (unpaired) electrons. The van der Waals surface area contributed by atoms with Gasteiger partial charge < -0.3 is 5.73 Å². The summed E-state index contributed by atoms with van der Waals surface area (Å²) in [6.45, 7) is 2.99. The Morgan fingerprint density at radius 2 is 2.56 bits per heavy atom. The molecule has 0 aromatic rings. The van der Waals surface area contributed by atoms with Crippen molar-refractivity contribution >= 4 is 0 Å². The van der Waals surface area contributed by atoms with Gasteiger partial charge in [-0.25, -0.2) is 0 Å². The van der Waals surface area contributed by atoms with Crippen LogP contribution in [0.5, 0.6) is 0 Å². The third-order valence-corrected chi connectivity index (χ3v) is 2.27. The fraction of sp³-hybridized carbons (Fsp3) is 0.750. The highest BCUT2D eigenvalue weighted by Crippen LogP contribution is 2.53. The SMILES string of the molecule is C#CC1CC1(C)CCN. The van der Waals surface area contributed by atoms with Crippen LogP contribution in [-0.2, 0) is 0 Å². The molecule has 0 aromatic heterocycles. The molecule has 1 rings (SSSR count). The maximum absolute atomic E-state index is 5.40. The van der Waals surface area contributed by atoms with E-state index in [1.54, 1.807) is 0 Å². The summed E-state index contributed by atoms with van der Waals surface area (Å²) in [5.41, 5.74) is 5.81. The summed E-state index contributed by atoms with van der Waals surface area (Å²) in [7, 11) is 0. The lowest BCUT2D eigenvalue weighted by atomic mass is 10.0. The molecule has 1 aliphatic rings. The fourth-order valence-electron chi connectivity index (χ4n) is 1.27. The van der Waals surface area contributed by atoms with E-state index in [2.05, 4.69) is 12.8 Å². The quantitative estimate of drug-likeness (QED) is 0.544. The van der Waals surface area contributed by atoms with Crippen LogP contribution in [-0.4, -0.2) is 6.54 Å². The number of hydrogen-bond acceptors (Lipinski definition) is 1. The number of hydrogen-bond donors (Lipinski definition) is 1. The van der Waals surface area contributed by atoms with E-state index < -0.39 is 0 Å². The molecule has 0 amide bonds. The van der Waals surface area contributed by atoms with Crippen molar-refractivity contribution in [2.75, 3.05) is 6.54 Å². The summed E-state index contributed by atoms with van der Waals surface area (Å²) in [5.74, 6) is 3.27. The minimum atomic E-state index is 0.406. The fourth-order valence-corrected chi connectivity index (χ4v) is 1.27. The van der Waals surface area contributed by atoms with Crippen molar-refractivity contribution in [1.29, 1.82) is 0 Å². The highest BCUT2D eigenvalue weighted by molar-refractivity contribution is 5.14. The van der Waals surface area contributed by atoms with Crippen LogP contribution in [0.4, 0.5) is 0 Å². The van der Waals surface area contributed by atoms with Crippen LogP contribution in [0.3, 0.4) is 0 Å². The first-order valence-corrected chi connectivity index (χ1v) is 3.39. The van der Waals surface area contributed by atoms with Gasteiger partial charge in [-0.15, -0.1) is 12.3 Å². The molecule has 1 aliphatic carbocycles. The topological polar surface area (TPSA) is 26.0 Å². The predicted molar refractivity (Wildman–Crippen MR) is 38.7 cm³/mol. The lowest BCUT2D eigenvalue weighted by Crippen LogP contribution is -2.07. The molecule has 0 spiro atoms. The predicted octanol–water partition coefficient (Wildman–Crippen LogP) is 0.995. The van der Waals surface area contributed by atoms with E-state index in [0.29, 0.717) is 11.3 Å². The monoisotopic (exact) mass is 123 g/mol. The van der Waals surface area contributed by atoms with Gasteiger partial charge in [-0.05, 0) is 24.8 Å². The second-order valence-corrected chi connectivity index (χ2v) is 3.12. The van der Waals surface area contributed by atoms with E-state index in [-0.39, 0.29) is 0 Å². The molecule has 9 heavy (non-hydrogen) atoms. The number of rotatable bonds is 2. The van der Waals surface area contributed by atoms with Gasteiger partial charge in [0, 0.05) is 5.92 Å². The van der Waals surface area contributed by atoms with Crippen molar-refractivity contribution in [2.45, 2.75) is 19.8 Å². The second kappa shape index (κ2) is 2.04. The Bertz CT molecular complexity index is 145. The van der Waals surface area contributed by atoms with Gasteiger partial charge in [0.2, 0.25) is 0 Å². The number of nitrogens with two attached hydrogens (primary N) is 1. The van der Waals surface area contributed by atoms with Crippen LogP contribution in [0.25, 0.3) is 0 Å². The Hall–Kier alpha value is -0.480. The Kier molecular flexibility index (Phi) is 1.50. The zero-order chi connectivity index (χ0) is 6.91. The first kappa shape index (κ1) is 6.64. The van der Waals surface area contributed by atoms with Gasteiger partial charge in [-0.1, -0.05) is 6.92 Å². The van der Waals surface area contributed by atoms with Crippen molar-refractivity contribution in [2.24, 2.45) is 17.1 Å². The van der Waals surface area contributed by atoms with E-state index >= 15 is 0 Å². The van der Waals surface area contributed by atoms with Crippen LogP contribution in [0.1, 0.15) is 19.8 Å². The minimum absolute atomic E-state index is 0.406. The lowest BCUT2D eigenvalue weighted by molar-refractivity contribution is 0.503. The van der Waals surface area contributed by atoms with Crippen molar-refractivity contribution in [3.63, 3.8) is 0 Å². The molecule has 0 saturated heterocycles. The summed E-state index contributed by atoms with van der Waals surface area (Å²) in [5, 5.41) is 0. The molecule has 1 saturated carbocycles. The highest BCUT2D eigenvalue weighted by atomic mass is 14.6. The molecular weight excluding hydrogens is 110 g/mol. The minimum Gasteiger partial charge on any atom is -0.330 e. The summed E-state index contributed by atoms with van der Waals surface area (Å²) in [6, 6.07) is 0. The third kappa shape index (κ3) is 1.09. The zero-order valence-electron chi connectivity index (χ0n) is 5.85. The van der Waals surface area contributed by atoms with Gasteiger partial charge in [0.1, 0.15) is 0 Å². The largest absolute Gasteiger partial charge is 0.330 e. The molecule has 0 aromatic carbocycles. The van der Waals surface area contributed by atoms with Crippen molar-refractivity contribution < 1.29 is 0 Å². The smallest absolute Gasteiger partial charge is 0.0260 e. The first-order chi connectivity index (χ1) is 4.23. The van der Waals surface area contributed by atoms with Gasteiger partial charge in [-0.2, -0.15) is 0 Å². The van der Waals surface area contributed by atoms with Crippen LogP contribution >= 0.6 is 0 Å². The molecule has 0 aliphatic heterocycles. The van der Waals surface area contributed by atoms with Gasteiger partial charge >= 0.3 is 0 Å². The summed E-state index contributed by atoms with van der Waals surface area (Å²) < 4.78 is 0. The average Bonchev–Trinajstić information content (AvgIpc) is 2.43. The Labute approximate surface area is 56.6 Å². The Morgan fingerprint density at radius 1 is 1.89 bits per heavy atom. The van der Waals surface area contributed by atoms with Crippen LogP contribution in [0.15, 0.2) is 0 Å². The standard InChI is InChI=1S/C8H13N/c1-3-7-6-8(7,2)4-5-9/h1,7H,4-6,9H2,2H3. The zero-order valence-corrected chi connectivity index (χ0v) is 5.85. The summed E-state index contributed by atoms with van der Waals surface area (Å²) in [4.78, 5) is 0. The average molecular weight is 123 g/mol. The van der Waals surface area contributed by atoms with Gasteiger partial charge in [0.25, 0.3) is 0 Å². The van der Waals surface area contributed by atoms with Gasteiger partial charge in [0.05, 0.1) is 0 Å². The van der Waals surface area contributed by atoms with E-state index in [1.807, 2.05) is 0 Å². The van der Waals surface area contributed by atoms with Crippen molar-refractivity contribution in [3.05, 3.63) is 0 Å². The lowest BCUT2D eigenvalue weighted by Gasteiger charge is -2.04. The van der Waals surface area contributed by atoms with Crippen LogP contribution in [0.2, 0.25) is 0 Å². The molecule has 2 unspecified atom stereocenters. The van der Waals surface area contributed by atoms with E-state index in [9.17, 15) is 0 Å². The summed E-state index contributed by atoms with van der Waals surface area (Å²) in [6.07, 6.45) is 7.52. The van der Waals surface area contributed by atoms with Crippen LogP contribution in [0, 0.1) is 23.7 Å². The first-order valence-electron chi connectivity index (χ1n) is 3.39. The molecule has 1 fully saturated rings. The highest BCUT2D eigenvalue weighted by Gasteiger charge is 2.47. The molecule has 0 heterocycles.